The zero-order chi connectivity index (χ0) is 28.9. The summed E-state index contributed by atoms with van der Waals surface area (Å²) >= 11 is 0. The third-order valence-corrected chi connectivity index (χ3v) is 11.5. The van der Waals surface area contributed by atoms with E-state index in [-0.39, 0.29) is 24.0 Å². The largest absolute Gasteiger partial charge is 0.494 e. The highest BCUT2D eigenvalue weighted by atomic mass is 16.7. The van der Waals surface area contributed by atoms with Gasteiger partial charge in [0.05, 0.1) is 23.2 Å². The smallest absolute Gasteiger partial charge is 0.399 e. The average molecular weight is 564 g/mol. The van der Waals surface area contributed by atoms with Gasteiger partial charge in [-0.3, -0.25) is 14.5 Å². The highest BCUT2D eigenvalue weighted by Gasteiger charge is 2.57. The molecule has 8 nitrogen and oxygen atoms in total. The van der Waals surface area contributed by atoms with Crippen LogP contribution < -0.4 is 10.4 Å². The summed E-state index contributed by atoms with van der Waals surface area (Å²) in [4.78, 5) is 34.1. The molecule has 1 aromatic carbocycles. The lowest BCUT2D eigenvalue weighted by atomic mass is 9.71. The lowest BCUT2D eigenvalue weighted by Crippen LogP contribution is -2.58. The molecule has 41 heavy (non-hydrogen) atoms. The van der Waals surface area contributed by atoms with Gasteiger partial charge in [0.15, 0.2) is 0 Å². The molecule has 5 heterocycles. The molecule has 1 aliphatic carbocycles. The highest BCUT2D eigenvalue weighted by molar-refractivity contribution is 6.62. The van der Waals surface area contributed by atoms with E-state index in [0.29, 0.717) is 44.0 Å². The molecular formula is C32H46BN3O5. The van der Waals surface area contributed by atoms with Gasteiger partial charge in [0.25, 0.3) is 5.91 Å². The molecule has 0 bridgehead atoms. The topological polar surface area (TPSA) is 71.6 Å². The number of hydrogen-bond acceptors (Lipinski definition) is 6. The van der Waals surface area contributed by atoms with Crippen molar-refractivity contribution in [1.29, 1.82) is 0 Å². The number of rotatable bonds is 4. The summed E-state index contributed by atoms with van der Waals surface area (Å²) in [7, 11) is -0.471. The first-order valence-electron chi connectivity index (χ1n) is 15.8. The second-order valence-corrected chi connectivity index (χ2v) is 15.3. The summed E-state index contributed by atoms with van der Waals surface area (Å²) in [5.41, 5.74) is 2.03. The van der Waals surface area contributed by atoms with E-state index in [1.54, 1.807) is 0 Å². The van der Waals surface area contributed by atoms with E-state index < -0.39 is 23.7 Å². The molecule has 7 rings (SSSR count). The molecule has 2 amide bonds. The van der Waals surface area contributed by atoms with E-state index in [2.05, 4.69) is 69.5 Å². The predicted molar refractivity (Wildman–Crippen MR) is 158 cm³/mol. The van der Waals surface area contributed by atoms with E-state index in [1.165, 1.54) is 6.42 Å². The van der Waals surface area contributed by atoms with E-state index in [4.69, 9.17) is 14.0 Å². The van der Waals surface area contributed by atoms with Gasteiger partial charge in [-0.05, 0) is 88.9 Å². The van der Waals surface area contributed by atoms with Crippen molar-refractivity contribution in [2.24, 2.45) is 5.41 Å². The van der Waals surface area contributed by atoms with Gasteiger partial charge >= 0.3 is 7.12 Å². The van der Waals surface area contributed by atoms with E-state index in [9.17, 15) is 9.59 Å². The minimum absolute atomic E-state index is 0.0834. The maximum Gasteiger partial charge on any atom is 0.494 e. The minimum atomic E-state index is -0.582. The van der Waals surface area contributed by atoms with E-state index in [0.717, 1.165) is 49.1 Å². The summed E-state index contributed by atoms with van der Waals surface area (Å²) in [5.74, 6) is 0.302. The number of piperidine rings is 1. The number of likely N-dealkylation sites (tertiary alicyclic amines) is 2. The Morgan fingerprint density at radius 3 is 2.15 bits per heavy atom. The third kappa shape index (κ3) is 4.32. The Hall–Kier alpha value is -1.94. The van der Waals surface area contributed by atoms with Gasteiger partial charge in [0.2, 0.25) is 5.91 Å². The SMILES string of the molecule is CC1(C)CCN(C2CC(N3C(=O)C4(CCN(C(=O)C5CCO5)CC4)c4ccc(B5OC(C)(C)C(C)(C)O5)cc43)C2)C1. The maximum atomic E-state index is 14.5. The summed E-state index contributed by atoms with van der Waals surface area (Å²) in [6, 6.07) is 7.15. The molecule has 0 aromatic heterocycles. The monoisotopic (exact) mass is 563 g/mol. The number of carbonyl (C=O) groups is 2. The van der Waals surface area contributed by atoms with E-state index >= 15 is 0 Å². The molecule has 1 atom stereocenters. The first-order chi connectivity index (χ1) is 19.3. The average Bonchev–Trinajstić information content (AvgIpc) is 3.40. The van der Waals surface area contributed by atoms with Crippen LogP contribution in [0.4, 0.5) is 5.69 Å². The Kier molecular flexibility index (Phi) is 6.31. The van der Waals surface area contributed by atoms with Crippen LogP contribution in [0, 0.1) is 5.41 Å². The van der Waals surface area contributed by atoms with Gasteiger partial charge in [-0.1, -0.05) is 26.0 Å². The number of carbonyl (C=O) groups excluding carboxylic acids is 2. The molecule has 1 aromatic rings. The van der Waals surface area contributed by atoms with Crippen LogP contribution >= 0.6 is 0 Å². The number of hydrogen-bond donors (Lipinski definition) is 0. The van der Waals surface area contributed by atoms with Crippen LogP contribution in [0.2, 0.25) is 0 Å². The van der Waals surface area contributed by atoms with Crippen LogP contribution in [-0.4, -0.2) is 90.9 Å². The Morgan fingerprint density at radius 1 is 0.927 bits per heavy atom. The summed E-state index contributed by atoms with van der Waals surface area (Å²) < 4.78 is 18.3. The lowest BCUT2D eigenvalue weighted by Gasteiger charge is -2.47. The van der Waals surface area contributed by atoms with Crippen molar-refractivity contribution >= 4 is 30.1 Å². The Balaban J connectivity index is 1.16. The molecule has 4 saturated heterocycles. The van der Waals surface area contributed by atoms with Crippen LogP contribution in [0.15, 0.2) is 18.2 Å². The fourth-order valence-corrected chi connectivity index (χ4v) is 7.86. The molecule has 9 heteroatoms. The fraction of sp³-hybridized carbons (Fsp3) is 0.750. The molecule has 5 aliphatic heterocycles. The van der Waals surface area contributed by atoms with Crippen molar-refractivity contribution in [2.45, 2.75) is 115 Å². The molecule has 5 fully saturated rings. The Morgan fingerprint density at radius 2 is 1.59 bits per heavy atom. The predicted octanol–water partition coefficient (Wildman–Crippen LogP) is 3.24. The maximum absolute atomic E-state index is 14.5. The van der Waals surface area contributed by atoms with Gasteiger partial charge in [-0.15, -0.1) is 0 Å². The van der Waals surface area contributed by atoms with E-state index in [1.807, 2.05) is 4.90 Å². The molecule has 1 unspecified atom stereocenters. The normalized spacial score (nSPS) is 33.2. The van der Waals surface area contributed by atoms with Crippen molar-refractivity contribution in [2.75, 3.05) is 37.7 Å². The van der Waals surface area contributed by atoms with Gasteiger partial charge in [-0.2, -0.15) is 0 Å². The van der Waals surface area contributed by atoms with Crippen LogP contribution in [-0.2, 0) is 29.0 Å². The number of nitrogens with zero attached hydrogens (tertiary/aromatic N) is 3. The Bertz CT molecular complexity index is 1230. The van der Waals surface area contributed by atoms with Crippen LogP contribution in [0.25, 0.3) is 0 Å². The van der Waals surface area contributed by atoms with Gasteiger partial charge < -0.3 is 23.8 Å². The molecule has 1 spiro atoms. The van der Waals surface area contributed by atoms with Crippen molar-refractivity contribution in [3.8, 4) is 0 Å². The lowest BCUT2D eigenvalue weighted by molar-refractivity contribution is -0.158. The summed E-state index contributed by atoms with van der Waals surface area (Å²) in [6.07, 6.45) is 5.08. The fourth-order valence-electron chi connectivity index (χ4n) is 7.86. The van der Waals surface area contributed by atoms with Crippen molar-refractivity contribution < 1.29 is 23.6 Å². The molecule has 6 aliphatic rings. The van der Waals surface area contributed by atoms with Crippen molar-refractivity contribution in [3.05, 3.63) is 23.8 Å². The van der Waals surface area contributed by atoms with Crippen molar-refractivity contribution in [3.63, 3.8) is 0 Å². The zero-order valence-corrected chi connectivity index (χ0v) is 25.7. The molecule has 0 radical (unpaired) electrons. The zero-order valence-electron chi connectivity index (χ0n) is 25.7. The van der Waals surface area contributed by atoms with Gasteiger partial charge in [0.1, 0.15) is 6.10 Å². The quantitative estimate of drug-likeness (QED) is 0.524. The first-order valence-corrected chi connectivity index (χ1v) is 15.8. The van der Waals surface area contributed by atoms with Crippen LogP contribution in [0.3, 0.4) is 0 Å². The number of amides is 2. The van der Waals surface area contributed by atoms with Crippen LogP contribution in [0.5, 0.6) is 0 Å². The number of ether oxygens (including phenoxy) is 1. The third-order valence-electron chi connectivity index (χ3n) is 11.5. The van der Waals surface area contributed by atoms with Crippen molar-refractivity contribution in [1.82, 2.24) is 9.80 Å². The standard InChI is InChI=1S/C32H46BN3O5/c1-29(2)10-13-35(20-29)22-18-23(19-22)36-25-17-21(33-40-30(3,4)31(5,6)41-33)7-8-24(25)32(28(36)38)11-14-34(15-12-32)27(37)26-9-16-39-26/h7-8,17,22-23,26H,9-16,18-20H2,1-6H3. The minimum Gasteiger partial charge on any atom is -0.399 e. The first kappa shape index (κ1) is 27.9. The molecular weight excluding hydrogens is 517 g/mol. The summed E-state index contributed by atoms with van der Waals surface area (Å²) in [6.45, 7) is 17.1. The number of benzene rings is 1. The molecule has 1 saturated carbocycles. The summed E-state index contributed by atoms with van der Waals surface area (Å²) in [5, 5.41) is 0. The Labute approximate surface area is 245 Å². The van der Waals surface area contributed by atoms with Gasteiger partial charge in [-0.25, -0.2) is 0 Å². The number of anilines is 1. The highest BCUT2D eigenvalue weighted by Crippen LogP contribution is 2.51. The second-order valence-electron chi connectivity index (χ2n) is 15.3. The molecule has 222 valence electrons. The number of fused-ring (bicyclic) bond motifs is 2. The molecule has 0 N–H and O–H groups in total. The second kappa shape index (κ2) is 9.28. The van der Waals surface area contributed by atoms with Crippen LogP contribution in [0.1, 0.15) is 85.6 Å². The van der Waals surface area contributed by atoms with Gasteiger partial charge in [0, 0.05) is 43.8 Å².